The summed E-state index contributed by atoms with van der Waals surface area (Å²) in [4.78, 5) is 7.46. The molecule has 3 nitrogen and oxygen atoms in total. The number of piperidine rings is 1. The monoisotopic (exact) mass is 414 g/mol. The molecule has 1 aromatic carbocycles. The molecule has 3 heteroatoms. The van der Waals surface area contributed by atoms with Gasteiger partial charge in [0.05, 0.1) is 18.5 Å². The van der Waals surface area contributed by atoms with Crippen molar-refractivity contribution in [3.05, 3.63) is 29.8 Å². The molecule has 0 spiro atoms. The number of hydrogen-bond donors (Lipinski definition) is 0. The minimum absolute atomic E-state index is 0.211. The molecule has 0 aliphatic carbocycles. The number of rotatable bonds is 15. The van der Waals surface area contributed by atoms with Gasteiger partial charge in [0, 0.05) is 19.5 Å². The van der Waals surface area contributed by atoms with Crippen molar-refractivity contribution >= 4 is 5.84 Å². The van der Waals surface area contributed by atoms with Gasteiger partial charge in [0.15, 0.2) is 0 Å². The Balaban J connectivity index is 1.60. The average Bonchev–Trinajstić information content (AvgIpc) is 2.78. The average molecular weight is 415 g/mol. The molecular weight excluding hydrogens is 368 g/mol. The van der Waals surface area contributed by atoms with Gasteiger partial charge < -0.3 is 9.64 Å². The van der Waals surface area contributed by atoms with Gasteiger partial charge in [-0.15, -0.1) is 0 Å². The Hall–Kier alpha value is -1.51. The summed E-state index contributed by atoms with van der Waals surface area (Å²) >= 11 is 0. The van der Waals surface area contributed by atoms with Crippen LogP contribution in [0.1, 0.15) is 116 Å². The van der Waals surface area contributed by atoms with Crippen LogP contribution in [0.4, 0.5) is 0 Å². The first kappa shape index (κ1) is 24.8. The predicted molar refractivity (Wildman–Crippen MR) is 131 cm³/mol. The maximum absolute atomic E-state index is 5.95. The number of nitrogens with zero attached hydrogens (tertiary/aromatic N) is 2. The lowest BCUT2D eigenvalue weighted by Crippen LogP contribution is -2.35. The molecule has 2 rings (SSSR count). The van der Waals surface area contributed by atoms with E-state index >= 15 is 0 Å². The van der Waals surface area contributed by atoms with E-state index < -0.39 is 0 Å². The summed E-state index contributed by atoms with van der Waals surface area (Å²) in [5, 5.41) is 0. The van der Waals surface area contributed by atoms with Crippen LogP contribution in [0.25, 0.3) is 0 Å². The molecule has 1 heterocycles. The van der Waals surface area contributed by atoms with Gasteiger partial charge in [-0.2, -0.15) is 0 Å². The molecule has 0 amide bonds. The Bertz CT molecular complexity index is 581. The van der Waals surface area contributed by atoms with Crippen molar-refractivity contribution in [2.24, 2.45) is 4.99 Å². The van der Waals surface area contributed by atoms with Crippen LogP contribution < -0.4 is 4.74 Å². The second-order valence-electron chi connectivity index (χ2n) is 8.86. The quantitative estimate of drug-likeness (QED) is 0.272. The zero-order valence-corrected chi connectivity index (χ0v) is 20.0. The van der Waals surface area contributed by atoms with Crippen LogP contribution in [0.2, 0.25) is 0 Å². The molecule has 1 aromatic rings. The van der Waals surface area contributed by atoms with Gasteiger partial charge in [-0.25, -0.2) is 0 Å². The number of ether oxygens (including phenoxy) is 1. The van der Waals surface area contributed by atoms with Crippen molar-refractivity contribution in [1.82, 2.24) is 4.90 Å². The van der Waals surface area contributed by atoms with Gasteiger partial charge in [0.25, 0.3) is 0 Å². The maximum Gasteiger partial charge on any atom is 0.119 e. The molecule has 0 radical (unpaired) electrons. The van der Waals surface area contributed by atoms with E-state index in [2.05, 4.69) is 49.9 Å². The summed E-state index contributed by atoms with van der Waals surface area (Å²) in [6, 6.07) is 8.80. The smallest absolute Gasteiger partial charge is 0.119 e. The Morgan fingerprint density at radius 2 is 1.50 bits per heavy atom. The highest BCUT2D eigenvalue weighted by Gasteiger charge is 2.16. The van der Waals surface area contributed by atoms with Crippen LogP contribution >= 0.6 is 0 Å². The largest absolute Gasteiger partial charge is 0.494 e. The zero-order valence-electron chi connectivity index (χ0n) is 20.0. The number of likely N-dealkylation sites (tertiary alicyclic amines) is 1. The number of benzene rings is 1. The summed E-state index contributed by atoms with van der Waals surface area (Å²) in [7, 11) is 0. The van der Waals surface area contributed by atoms with E-state index in [0.717, 1.165) is 38.3 Å². The number of unbranched alkanes of at least 4 members (excludes halogenated alkanes) is 9. The van der Waals surface area contributed by atoms with Gasteiger partial charge in [0.2, 0.25) is 0 Å². The van der Waals surface area contributed by atoms with Gasteiger partial charge in [-0.3, -0.25) is 4.99 Å². The molecule has 1 fully saturated rings. The molecule has 0 bridgehead atoms. The van der Waals surface area contributed by atoms with Crippen LogP contribution in [0.3, 0.4) is 0 Å². The lowest BCUT2D eigenvalue weighted by molar-refractivity contribution is 0.304. The number of hydrogen-bond acceptors (Lipinski definition) is 2. The van der Waals surface area contributed by atoms with Crippen molar-refractivity contribution < 1.29 is 4.74 Å². The third-order valence-corrected chi connectivity index (χ3v) is 6.30. The highest BCUT2D eigenvalue weighted by Crippen LogP contribution is 2.23. The van der Waals surface area contributed by atoms with Gasteiger partial charge in [-0.1, -0.05) is 76.8 Å². The van der Waals surface area contributed by atoms with Gasteiger partial charge in [-0.05, 0) is 50.8 Å². The molecule has 1 saturated heterocycles. The first-order valence-electron chi connectivity index (χ1n) is 12.8. The fourth-order valence-electron chi connectivity index (χ4n) is 4.28. The number of amidine groups is 1. The number of aliphatic imine (C=N–C) groups is 1. The second kappa shape index (κ2) is 15.3. The summed E-state index contributed by atoms with van der Waals surface area (Å²) in [5.41, 5.74) is 1.27. The Morgan fingerprint density at radius 3 is 2.13 bits per heavy atom. The highest BCUT2D eigenvalue weighted by molar-refractivity contribution is 5.83. The van der Waals surface area contributed by atoms with Gasteiger partial charge >= 0.3 is 0 Å². The molecule has 0 aromatic heterocycles. The van der Waals surface area contributed by atoms with Crippen molar-refractivity contribution in [1.29, 1.82) is 0 Å². The molecule has 1 aliphatic rings. The molecule has 170 valence electrons. The molecule has 0 saturated carbocycles. The van der Waals surface area contributed by atoms with Crippen LogP contribution in [0.15, 0.2) is 29.3 Å². The maximum atomic E-state index is 5.95. The summed E-state index contributed by atoms with van der Waals surface area (Å²) in [5.74, 6) is 2.28. The molecule has 1 atom stereocenters. The SMILES string of the molecule is CCCCCCCCCCCCOc1ccc(C(C)/N=C2\CCCCN2CC)cc1. The highest BCUT2D eigenvalue weighted by atomic mass is 16.5. The lowest BCUT2D eigenvalue weighted by atomic mass is 10.1. The van der Waals surface area contributed by atoms with E-state index in [4.69, 9.17) is 9.73 Å². The second-order valence-corrected chi connectivity index (χ2v) is 8.86. The van der Waals surface area contributed by atoms with E-state index in [-0.39, 0.29) is 6.04 Å². The van der Waals surface area contributed by atoms with Crippen LogP contribution in [-0.4, -0.2) is 30.4 Å². The topological polar surface area (TPSA) is 24.8 Å². The first-order chi connectivity index (χ1) is 14.7. The molecule has 1 aliphatic heterocycles. The third-order valence-electron chi connectivity index (χ3n) is 6.30. The third kappa shape index (κ3) is 9.53. The van der Waals surface area contributed by atoms with Crippen molar-refractivity contribution in [3.8, 4) is 5.75 Å². The summed E-state index contributed by atoms with van der Waals surface area (Å²) in [6.45, 7) is 9.77. The van der Waals surface area contributed by atoms with E-state index in [9.17, 15) is 0 Å². The van der Waals surface area contributed by atoms with Crippen molar-refractivity contribution in [2.45, 2.75) is 110 Å². The van der Waals surface area contributed by atoms with Crippen molar-refractivity contribution in [2.75, 3.05) is 19.7 Å². The Morgan fingerprint density at radius 1 is 0.867 bits per heavy atom. The summed E-state index contributed by atoms with van der Waals surface area (Å²) in [6.07, 6.45) is 17.3. The minimum atomic E-state index is 0.211. The van der Waals surface area contributed by atoms with E-state index in [1.807, 2.05) is 0 Å². The van der Waals surface area contributed by atoms with Gasteiger partial charge in [0.1, 0.15) is 5.75 Å². The Kier molecular flexibility index (Phi) is 12.6. The molecular formula is C27H46N2O. The van der Waals surface area contributed by atoms with Crippen LogP contribution in [-0.2, 0) is 0 Å². The Labute approximate surface area is 186 Å². The minimum Gasteiger partial charge on any atom is -0.494 e. The van der Waals surface area contributed by atoms with Crippen LogP contribution in [0.5, 0.6) is 5.75 Å². The van der Waals surface area contributed by atoms with Crippen LogP contribution in [0, 0.1) is 0 Å². The zero-order chi connectivity index (χ0) is 21.4. The standard InChI is InChI=1S/C27H46N2O/c1-4-6-7-8-9-10-11-12-13-16-23-30-26-20-18-25(19-21-26)24(3)28-27-17-14-15-22-29(27)5-2/h18-21,24H,4-17,22-23H2,1-3H3/b28-27+. The fourth-order valence-corrected chi connectivity index (χ4v) is 4.28. The summed E-state index contributed by atoms with van der Waals surface area (Å²) < 4.78 is 5.95. The fraction of sp³-hybridized carbons (Fsp3) is 0.741. The first-order valence-corrected chi connectivity index (χ1v) is 12.8. The van der Waals surface area contributed by atoms with E-state index in [1.54, 1.807) is 0 Å². The molecule has 0 N–H and O–H groups in total. The predicted octanol–water partition coefficient (Wildman–Crippen LogP) is 7.95. The van der Waals surface area contributed by atoms with E-state index in [1.165, 1.54) is 82.0 Å². The molecule has 30 heavy (non-hydrogen) atoms. The van der Waals surface area contributed by atoms with Crippen molar-refractivity contribution in [3.63, 3.8) is 0 Å². The lowest BCUT2D eigenvalue weighted by Gasteiger charge is -2.30. The molecule has 1 unspecified atom stereocenters. The normalized spacial score (nSPS) is 16.8. The van der Waals surface area contributed by atoms with E-state index in [0.29, 0.717) is 0 Å².